The fourth-order valence-electron chi connectivity index (χ4n) is 2.98. The molecule has 0 saturated carbocycles. The molecule has 0 unspecified atom stereocenters. The maximum absolute atomic E-state index is 12.2. The molecule has 1 aromatic heterocycles. The fraction of sp³-hybridized carbons (Fsp3) is 0.421. The Kier molecular flexibility index (Phi) is 6.23. The number of nitrogens with one attached hydrogen (secondary N) is 1. The summed E-state index contributed by atoms with van der Waals surface area (Å²) in [5, 5.41) is 11.9. The highest BCUT2D eigenvalue weighted by Crippen LogP contribution is 2.16. The van der Waals surface area contributed by atoms with E-state index in [4.69, 9.17) is 11.6 Å². The molecule has 0 spiro atoms. The van der Waals surface area contributed by atoms with Gasteiger partial charge in [-0.3, -0.25) is 4.79 Å². The standard InChI is InChI=1S/C19H23ClN4O/c20-16-7-5-15(6-8-16)11-12-21-19(25)17-9-10-18(23-22-17)24-13-3-1-2-4-14-24/h5-10H,1-4,11-14H2,(H,21,25). The second-order valence-corrected chi connectivity index (χ2v) is 6.75. The van der Waals surface area contributed by atoms with Crippen LogP contribution in [-0.4, -0.2) is 35.7 Å². The SMILES string of the molecule is O=C(NCCc1ccc(Cl)cc1)c1ccc(N2CCCCCC2)nn1. The minimum Gasteiger partial charge on any atom is -0.355 e. The van der Waals surface area contributed by atoms with Gasteiger partial charge in [-0.2, -0.15) is 0 Å². The maximum atomic E-state index is 12.2. The van der Waals surface area contributed by atoms with Gasteiger partial charge >= 0.3 is 0 Å². The second-order valence-electron chi connectivity index (χ2n) is 6.31. The van der Waals surface area contributed by atoms with Crippen LogP contribution in [0, 0.1) is 0 Å². The van der Waals surface area contributed by atoms with Crippen LogP contribution in [0.25, 0.3) is 0 Å². The van der Waals surface area contributed by atoms with E-state index >= 15 is 0 Å². The molecule has 0 radical (unpaired) electrons. The Morgan fingerprint density at radius 2 is 1.72 bits per heavy atom. The molecular weight excluding hydrogens is 336 g/mol. The van der Waals surface area contributed by atoms with Gasteiger partial charge in [0.25, 0.3) is 5.91 Å². The number of halogens is 1. The predicted octanol–water partition coefficient (Wildman–Crippen LogP) is 3.48. The Hall–Kier alpha value is -2.14. The lowest BCUT2D eigenvalue weighted by atomic mass is 10.1. The van der Waals surface area contributed by atoms with E-state index in [2.05, 4.69) is 20.4 Å². The number of nitrogens with zero attached hydrogens (tertiary/aromatic N) is 3. The molecule has 132 valence electrons. The Morgan fingerprint density at radius 1 is 1.00 bits per heavy atom. The first-order chi connectivity index (χ1) is 12.2. The summed E-state index contributed by atoms with van der Waals surface area (Å²) >= 11 is 5.87. The Labute approximate surface area is 153 Å². The Balaban J connectivity index is 1.50. The molecule has 2 aromatic rings. The molecule has 3 rings (SSSR count). The topological polar surface area (TPSA) is 58.1 Å². The highest BCUT2D eigenvalue weighted by molar-refractivity contribution is 6.30. The molecule has 1 aliphatic rings. The van der Waals surface area contributed by atoms with E-state index in [1.54, 1.807) is 6.07 Å². The summed E-state index contributed by atoms with van der Waals surface area (Å²) in [6.07, 6.45) is 5.68. The van der Waals surface area contributed by atoms with E-state index in [-0.39, 0.29) is 5.91 Å². The molecule has 1 saturated heterocycles. The number of hydrogen-bond donors (Lipinski definition) is 1. The zero-order valence-electron chi connectivity index (χ0n) is 14.2. The highest BCUT2D eigenvalue weighted by Gasteiger charge is 2.13. The van der Waals surface area contributed by atoms with Crippen LogP contribution in [-0.2, 0) is 6.42 Å². The van der Waals surface area contributed by atoms with Crippen molar-refractivity contribution in [1.82, 2.24) is 15.5 Å². The third-order valence-electron chi connectivity index (χ3n) is 4.43. The number of carbonyl (C=O) groups is 1. The molecule has 0 bridgehead atoms. The molecule has 25 heavy (non-hydrogen) atoms. The quantitative estimate of drug-likeness (QED) is 0.888. The van der Waals surface area contributed by atoms with E-state index in [0.717, 1.165) is 30.9 Å². The van der Waals surface area contributed by atoms with Crippen LogP contribution in [0.3, 0.4) is 0 Å². The van der Waals surface area contributed by atoms with Gasteiger partial charge in [0.2, 0.25) is 0 Å². The number of aromatic nitrogens is 2. The van der Waals surface area contributed by atoms with Gasteiger partial charge in [-0.25, -0.2) is 0 Å². The molecule has 0 aliphatic carbocycles. The van der Waals surface area contributed by atoms with Crippen molar-refractivity contribution in [2.45, 2.75) is 32.1 Å². The first-order valence-corrected chi connectivity index (χ1v) is 9.21. The summed E-state index contributed by atoms with van der Waals surface area (Å²) < 4.78 is 0. The normalized spacial score (nSPS) is 14.8. The van der Waals surface area contributed by atoms with Crippen molar-refractivity contribution in [1.29, 1.82) is 0 Å². The van der Waals surface area contributed by atoms with Crippen molar-refractivity contribution in [3.8, 4) is 0 Å². The smallest absolute Gasteiger partial charge is 0.271 e. The van der Waals surface area contributed by atoms with Crippen LogP contribution in [0.15, 0.2) is 36.4 Å². The molecule has 1 aromatic carbocycles. The molecule has 1 fully saturated rings. The lowest BCUT2D eigenvalue weighted by Crippen LogP contribution is -2.28. The van der Waals surface area contributed by atoms with Gasteiger partial charge in [0.05, 0.1) is 0 Å². The average Bonchev–Trinajstić information content (AvgIpc) is 2.93. The van der Waals surface area contributed by atoms with Crippen molar-refractivity contribution in [2.75, 3.05) is 24.5 Å². The number of rotatable bonds is 5. The van der Waals surface area contributed by atoms with Crippen LogP contribution < -0.4 is 10.2 Å². The summed E-state index contributed by atoms with van der Waals surface area (Å²) in [7, 11) is 0. The van der Waals surface area contributed by atoms with E-state index in [1.807, 2.05) is 30.3 Å². The van der Waals surface area contributed by atoms with Crippen LogP contribution in [0.4, 0.5) is 5.82 Å². The summed E-state index contributed by atoms with van der Waals surface area (Å²) in [6.45, 7) is 2.58. The molecular formula is C19H23ClN4O. The first kappa shape index (κ1) is 17.7. The summed E-state index contributed by atoms with van der Waals surface area (Å²) in [4.78, 5) is 14.4. The fourth-order valence-corrected chi connectivity index (χ4v) is 3.10. The Morgan fingerprint density at radius 3 is 2.36 bits per heavy atom. The van der Waals surface area contributed by atoms with Crippen molar-refractivity contribution in [3.63, 3.8) is 0 Å². The van der Waals surface area contributed by atoms with Gasteiger partial charge in [0.1, 0.15) is 0 Å². The van der Waals surface area contributed by atoms with Crippen LogP contribution in [0.2, 0.25) is 5.02 Å². The summed E-state index contributed by atoms with van der Waals surface area (Å²) in [5.74, 6) is 0.670. The number of carbonyl (C=O) groups excluding carboxylic acids is 1. The zero-order valence-corrected chi connectivity index (χ0v) is 15.0. The molecule has 2 heterocycles. The van der Waals surface area contributed by atoms with Crippen molar-refractivity contribution in [2.24, 2.45) is 0 Å². The molecule has 1 aliphatic heterocycles. The average molecular weight is 359 g/mol. The molecule has 1 N–H and O–H groups in total. The molecule has 0 atom stereocenters. The maximum Gasteiger partial charge on any atom is 0.271 e. The monoisotopic (exact) mass is 358 g/mol. The van der Waals surface area contributed by atoms with Gasteiger partial charge in [0.15, 0.2) is 11.5 Å². The minimum absolute atomic E-state index is 0.191. The molecule has 5 nitrogen and oxygen atoms in total. The molecule has 1 amide bonds. The van der Waals surface area contributed by atoms with E-state index < -0.39 is 0 Å². The Bertz CT molecular complexity index is 680. The lowest BCUT2D eigenvalue weighted by Gasteiger charge is -2.20. The second kappa shape index (κ2) is 8.81. The van der Waals surface area contributed by atoms with Crippen molar-refractivity contribution in [3.05, 3.63) is 52.7 Å². The van der Waals surface area contributed by atoms with E-state index in [1.165, 1.54) is 25.7 Å². The van der Waals surface area contributed by atoms with Crippen LogP contribution >= 0.6 is 11.6 Å². The lowest BCUT2D eigenvalue weighted by molar-refractivity contribution is 0.0948. The first-order valence-electron chi connectivity index (χ1n) is 8.84. The number of benzene rings is 1. The molecule has 6 heteroatoms. The zero-order chi connectivity index (χ0) is 17.5. The number of hydrogen-bond acceptors (Lipinski definition) is 4. The largest absolute Gasteiger partial charge is 0.355 e. The minimum atomic E-state index is -0.191. The third kappa shape index (κ3) is 5.16. The van der Waals surface area contributed by atoms with Gasteiger partial charge in [0, 0.05) is 24.7 Å². The predicted molar refractivity (Wildman–Crippen MR) is 100 cm³/mol. The number of amides is 1. The van der Waals surface area contributed by atoms with E-state index in [9.17, 15) is 4.79 Å². The summed E-state index contributed by atoms with van der Waals surface area (Å²) in [6, 6.07) is 11.3. The highest BCUT2D eigenvalue weighted by atomic mass is 35.5. The van der Waals surface area contributed by atoms with Crippen LogP contribution in [0.5, 0.6) is 0 Å². The van der Waals surface area contributed by atoms with Gasteiger partial charge in [-0.05, 0) is 49.1 Å². The van der Waals surface area contributed by atoms with Crippen LogP contribution in [0.1, 0.15) is 41.7 Å². The van der Waals surface area contributed by atoms with E-state index in [0.29, 0.717) is 17.3 Å². The third-order valence-corrected chi connectivity index (χ3v) is 4.68. The van der Waals surface area contributed by atoms with Crippen molar-refractivity contribution < 1.29 is 4.79 Å². The summed E-state index contributed by atoms with van der Waals surface area (Å²) in [5.41, 5.74) is 1.49. The van der Waals surface area contributed by atoms with Gasteiger partial charge < -0.3 is 10.2 Å². The van der Waals surface area contributed by atoms with Gasteiger partial charge in [-0.1, -0.05) is 36.6 Å². The van der Waals surface area contributed by atoms with Crippen molar-refractivity contribution >= 4 is 23.3 Å². The van der Waals surface area contributed by atoms with Gasteiger partial charge in [-0.15, -0.1) is 10.2 Å². The number of anilines is 1.